The van der Waals surface area contributed by atoms with Crippen molar-refractivity contribution < 1.29 is 19.1 Å². The molecule has 0 atom stereocenters. The van der Waals surface area contributed by atoms with Gasteiger partial charge in [-0.15, -0.1) is 6.58 Å². The van der Waals surface area contributed by atoms with Gasteiger partial charge < -0.3 is 9.47 Å². The molecule has 1 saturated heterocycles. The van der Waals surface area contributed by atoms with Crippen LogP contribution in [0.25, 0.3) is 16.8 Å². The molecule has 1 heterocycles. The highest BCUT2D eigenvalue weighted by atomic mass is 79.9. The third-order valence-corrected chi connectivity index (χ3v) is 6.61. The predicted octanol–water partition coefficient (Wildman–Crippen LogP) is 6.41. The summed E-state index contributed by atoms with van der Waals surface area (Å²) >= 11 is 4.46. The van der Waals surface area contributed by atoms with Gasteiger partial charge in [0.1, 0.15) is 6.61 Å². The van der Waals surface area contributed by atoms with Crippen molar-refractivity contribution in [2.75, 3.05) is 13.7 Å². The number of methoxy groups -OCH3 is 1. The van der Waals surface area contributed by atoms with E-state index in [1.54, 1.807) is 19.3 Å². The van der Waals surface area contributed by atoms with Crippen molar-refractivity contribution in [3.8, 4) is 11.5 Å². The van der Waals surface area contributed by atoms with Crippen LogP contribution in [0, 0.1) is 0 Å². The minimum Gasteiger partial charge on any atom is -0.493 e. The number of benzene rings is 3. The first-order valence-electron chi connectivity index (χ1n) is 9.85. The lowest BCUT2D eigenvalue weighted by atomic mass is 10.1. The summed E-state index contributed by atoms with van der Waals surface area (Å²) in [6.45, 7) is 4.16. The molecule has 4 rings (SSSR count). The average Bonchev–Trinajstić information content (AvgIpc) is 3.06. The van der Waals surface area contributed by atoms with Gasteiger partial charge in [-0.1, -0.05) is 64.5 Å². The molecular formula is C25H20BrNO4S. The normalized spacial score (nSPS) is 14.9. The Bertz CT molecular complexity index is 1250. The minimum absolute atomic E-state index is 0.188. The van der Waals surface area contributed by atoms with Gasteiger partial charge in [0, 0.05) is 11.0 Å². The van der Waals surface area contributed by atoms with E-state index in [1.807, 2.05) is 30.3 Å². The van der Waals surface area contributed by atoms with Gasteiger partial charge in [-0.3, -0.25) is 14.5 Å². The predicted molar refractivity (Wildman–Crippen MR) is 132 cm³/mol. The van der Waals surface area contributed by atoms with E-state index in [1.165, 1.54) is 6.08 Å². The lowest BCUT2D eigenvalue weighted by molar-refractivity contribution is -0.122. The summed E-state index contributed by atoms with van der Waals surface area (Å²) in [7, 11) is 1.57. The number of thioether (sulfide) groups is 1. The molecule has 3 aromatic rings. The van der Waals surface area contributed by atoms with Crippen molar-refractivity contribution >= 4 is 55.7 Å². The molecule has 32 heavy (non-hydrogen) atoms. The van der Waals surface area contributed by atoms with Crippen molar-refractivity contribution in [2.45, 2.75) is 6.61 Å². The molecule has 162 valence electrons. The summed E-state index contributed by atoms with van der Waals surface area (Å²) in [4.78, 5) is 26.1. The van der Waals surface area contributed by atoms with Gasteiger partial charge in [0.15, 0.2) is 11.5 Å². The van der Waals surface area contributed by atoms with Crippen LogP contribution in [0.4, 0.5) is 4.79 Å². The van der Waals surface area contributed by atoms with E-state index in [0.29, 0.717) is 28.6 Å². The number of hydrogen-bond acceptors (Lipinski definition) is 5. The zero-order valence-corrected chi connectivity index (χ0v) is 19.7. The Morgan fingerprint density at radius 2 is 1.88 bits per heavy atom. The first-order valence-corrected chi connectivity index (χ1v) is 11.5. The van der Waals surface area contributed by atoms with E-state index in [0.717, 1.165) is 37.5 Å². The number of fused-ring (bicyclic) bond motifs is 1. The van der Waals surface area contributed by atoms with Crippen LogP contribution >= 0.6 is 27.7 Å². The lowest BCUT2D eigenvalue weighted by Gasteiger charge is -2.14. The Labute approximate surface area is 198 Å². The van der Waals surface area contributed by atoms with Crippen LogP contribution in [0.15, 0.2) is 76.6 Å². The monoisotopic (exact) mass is 509 g/mol. The minimum atomic E-state index is -0.331. The second kappa shape index (κ2) is 9.63. The molecule has 0 saturated carbocycles. The third kappa shape index (κ3) is 4.45. The standard InChI is InChI=1S/C25H20BrNO4S/c1-3-11-27-24(28)23(32-25(27)29)13-18-12-21(30-2)22(14-20(18)26)31-15-17-9-6-8-16-7-4-5-10-19(16)17/h3-10,12-14H,1,11,15H2,2H3/b23-13+. The maximum Gasteiger partial charge on any atom is 0.293 e. The number of ether oxygens (including phenoxy) is 2. The zero-order chi connectivity index (χ0) is 22.7. The van der Waals surface area contributed by atoms with Crippen molar-refractivity contribution in [1.29, 1.82) is 0 Å². The number of carbonyl (C=O) groups excluding carboxylic acids is 2. The topological polar surface area (TPSA) is 55.8 Å². The van der Waals surface area contributed by atoms with Crippen LogP contribution in [0.3, 0.4) is 0 Å². The molecule has 0 bridgehead atoms. The van der Waals surface area contributed by atoms with Gasteiger partial charge in [-0.2, -0.15) is 0 Å². The first-order chi connectivity index (χ1) is 15.5. The van der Waals surface area contributed by atoms with Crippen molar-refractivity contribution in [2.24, 2.45) is 0 Å². The largest absolute Gasteiger partial charge is 0.493 e. The Morgan fingerprint density at radius 1 is 1.09 bits per heavy atom. The number of rotatable bonds is 7. The highest BCUT2D eigenvalue weighted by Crippen LogP contribution is 2.38. The molecule has 1 aliphatic heterocycles. The molecule has 1 aliphatic rings. The van der Waals surface area contributed by atoms with Gasteiger partial charge >= 0.3 is 0 Å². The van der Waals surface area contributed by atoms with Gasteiger partial charge in [0.2, 0.25) is 0 Å². The smallest absolute Gasteiger partial charge is 0.293 e. The summed E-state index contributed by atoms with van der Waals surface area (Å²) in [6.07, 6.45) is 3.20. The van der Waals surface area contributed by atoms with Gasteiger partial charge in [0.25, 0.3) is 11.1 Å². The SMILES string of the molecule is C=CCN1C(=O)S/C(=C/c2cc(OC)c(OCc3cccc4ccccc34)cc2Br)C1=O. The molecule has 3 aromatic carbocycles. The molecule has 7 heteroatoms. The molecule has 2 amide bonds. The van der Waals surface area contributed by atoms with Crippen LogP contribution < -0.4 is 9.47 Å². The quantitative estimate of drug-likeness (QED) is 0.272. The molecule has 1 fully saturated rings. The Hall–Kier alpha value is -3.03. The van der Waals surface area contributed by atoms with E-state index < -0.39 is 0 Å². The second-order valence-corrected chi connectivity index (χ2v) is 8.88. The Morgan fingerprint density at radius 3 is 2.66 bits per heavy atom. The van der Waals surface area contributed by atoms with Crippen LogP contribution in [0.1, 0.15) is 11.1 Å². The molecule has 0 aliphatic carbocycles. The molecule has 5 nitrogen and oxygen atoms in total. The van der Waals surface area contributed by atoms with Crippen molar-refractivity contribution in [3.63, 3.8) is 0 Å². The summed E-state index contributed by atoms with van der Waals surface area (Å²) in [5, 5.41) is 1.99. The van der Waals surface area contributed by atoms with E-state index >= 15 is 0 Å². The fourth-order valence-electron chi connectivity index (χ4n) is 3.44. The van der Waals surface area contributed by atoms with Crippen LogP contribution in [0.2, 0.25) is 0 Å². The summed E-state index contributed by atoms with van der Waals surface area (Å²) in [5.74, 6) is 0.774. The number of nitrogens with zero attached hydrogens (tertiary/aromatic N) is 1. The molecule has 0 N–H and O–H groups in total. The highest BCUT2D eigenvalue weighted by molar-refractivity contribution is 9.10. The lowest BCUT2D eigenvalue weighted by Crippen LogP contribution is -2.27. The average molecular weight is 510 g/mol. The van der Waals surface area contributed by atoms with Crippen LogP contribution in [-0.4, -0.2) is 29.7 Å². The third-order valence-electron chi connectivity index (χ3n) is 5.02. The molecule has 0 aromatic heterocycles. The number of amides is 2. The Balaban J connectivity index is 1.59. The van der Waals surface area contributed by atoms with E-state index in [-0.39, 0.29) is 17.7 Å². The summed E-state index contributed by atoms with van der Waals surface area (Å²) in [5.41, 5.74) is 1.78. The van der Waals surface area contributed by atoms with Crippen molar-refractivity contribution in [3.05, 3.63) is 87.8 Å². The van der Waals surface area contributed by atoms with Gasteiger partial charge in [0.05, 0.1) is 12.0 Å². The van der Waals surface area contributed by atoms with Crippen molar-refractivity contribution in [1.82, 2.24) is 4.90 Å². The first kappa shape index (κ1) is 22.2. The van der Waals surface area contributed by atoms with E-state index in [2.05, 4.69) is 40.7 Å². The second-order valence-electron chi connectivity index (χ2n) is 7.03. The maximum absolute atomic E-state index is 12.5. The van der Waals surface area contributed by atoms with Crippen LogP contribution in [-0.2, 0) is 11.4 Å². The molecular weight excluding hydrogens is 490 g/mol. The maximum atomic E-state index is 12.5. The number of imide groups is 1. The number of halogens is 1. The van der Waals surface area contributed by atoms with Gasteiger partial charge in [-0.25, -0.2) is 0 Å². The highest BCUT2D eigenvalue weighted by Gasteiger charge is 2.34. The van der Waals surface area contributed by atoms with Gasteiger partial charge in [-0.05, 0) is 51.9 Å². The summed E-state index contributed by atoms with van der Waals surface area (Å²) in [6, 6.07) is 17.9. The zero-order valence-electron chi connectivity index (χ0n) is 17.3. The fraction of sp³-hybridized carbons (Fsp3) is 0.120. The van der Waals surface area contributed by atoms with E-state index in [9.17, 15) is 9.59 Å². The number of carbonyl (C=O) groups is 2. The van der Waals surface area contributed by atoms with Crippen LogP contribution in [0.5, 0.6) is 11.5 Å². The molecule has 0 unspecified atom stereocenters. The molecule has 0 radical (unpaired) electrons. The van der Waals surface area contributed by atoms with E-state index in [4.69, 9.17) is 9.47 Å². The number of hydrogen-bond donors (Lipinski definition) is 0. The fourth-order valence-corrected chi connectivity index (χ4v) is 4.71. The molecule has 0 spiro atoms. The Kier molecular flexibility index (Phi) is 6.67. The summed E-state index contributed by atoms with van der Waals surface area (Å²) < 4.78 is 12.3.